The smallest absolute Gasteiger partial charge is 0.196 e. The molecule has 0 bridgehead atoms. The van der Waals surface area contributed by atoms with Crippen LogP contribution < -0.4 is 0 Å². The molecule has 23 heavy (non-hydrogen) atoms. The number of aromatic amines is 1. The van der Waals surface area contributed by atoms with Gasteiger partial charge in [-0.1, -0.05) is 35.9 Å². The molecule has 0 saturated heterocycles. The van der Waals surface area contributed by atoms with Gasteiger partial charge in [-0.3, -0.25) is 4.79 Å². The third-order valence-electron chi connectivity index (χ3n) is 4.01. The number of H-pyrrole nitrogens is 1. The molecule has 0 aliphatic heterocycles. The van der Waals surface area contributed by atoms with Gasteiger partial charge in [0.05, 0.1) is 11.1 Å². The molecule has 112 valence electrons. The summed E-state index contributed by atoms with van der Waals surface area (Å²) >= 11 is 5.85. The number of ketones is 1. The van der Waals surface area contributed by atoms with E-state index in [4.69, 9.17) is 11.6 Å². The monoisotopic (exact) mass is 321 g/mol. The summed E-state index contributed by atoms with van der Waals surface area (Å²) in [5.74, 6) is -0.265. The fraction of sp³-hybridized carbons (Fsp3) is 0. The summed E-state index contributed by atoms with van der Waals surface area (Å²) in [6, 6.07) is 17.9. The lowest BCUT2D eigenvalue weighted by atomic mass is 10.0. The quantitative estimate of drug-likeness (QED) is 0.515. The maximum atomic E-state index is 12.6. The first-order valence-electron chi connectivity index (χ1n) is 7.18. The lowest BCUT2D eigenvalue weighted by Crippen LogP contribution is -2.01. The van der Waals surface area contributed by atoms with Gasteiger partial charge >= 0.3 is 0 Å². The van der Waals surface area contributed by atoms with Gasteiger partial charge in [-0.2, -0.15) is 0 Å². The number of rotatable bonds is 2. The predicted octanol–water partition coefficient (Wildman–Crippen LogP) is 4.91. The molecule has 1 aromatic heterocycles. The van der Waals surface area contributed by atoms with Crippen molar-refractivity contribution in [1.29, 1.82) is 0 Å². The number of phenols is 1. The second-order valence-corrected chi connectivity index (χ2v) is 5.83. The van der Waals surface area contributed by atoms with Gasteiger partial charge in [0.15, 0.2) is 11.5 Å². The molecule has 0 saturated carbocycles. The first-order chi connectivity index (χ1) is 11.1. The van der Waals surface area contributed by atoms with Crippen molar-refractivity contribution in [2.24, 2.45) is 0 Å². The zero-order valence-corrected chi connectivity index (χ0v) is 12.8. The van der Waals surface area contributed by atoms with Crippen LogP contribution in [0, 0.1) is 0 Å². The maximum Gasteiger partial charge on any atom is 0.196 e. The summed E-state index contributed by atoms with van der Waals surface area (Å²) in [6.07, 6.45) is 0. The zero-order chi connectivity index (χ0) is 16.0. The van der Waals surface area contributed by atoms with Crippen LogP contribution in [-0.2, 0) is 0 Å². The van der Waals surface area contributed by atoms with Crippen molar-refractivity contribution in [1.82, 2.24) is 4.98 Å². The number of aromatic nitrogens is 1. The van der Waals surface area contributed by atoms with Crippen LogP contribution in [0.5, 0.6) is 5.75 Å². The fourth-order valence-electron chi connectivity index (χ4n) is 2.84. The molecule has 1 heterocycles. The minimum Gasteiger partial charge on any atom is -0.505 e. The van der Waals surface area contributed by atoms with E-state index >= 15 is 0 Å². The molecule has 4 heteroatoms. The van der Waals surface area contributed by atoms with E-state index in [2.05, 4.69) is 4.98 Å². The van der Waals surface area contributed by atoms with E-state index in [0.29, 0.717) is 16.1 Å². The molecular weight excluding hydrogens is 310 g/mol. The van der Waals surface area contributed by atoms with Gasteiger partial charge in [-0.15, -0.1) is 0 Å². The minimum absolute atomic E-state index is 0.0290. The molecule has 0 atom stereocenters. The average molecular weight is 322 g/mol. The van der Waals surface area contributed by atoms with Gasteiger partial charge in [-0.05, 0) is 36.4 Å². The summed E-state index contributed by atoms with van der Waals surface area (Å²) in [5, 5.41) is 13.0. The molecule has 3 aromatic carbocycles. The van der Waals surface area contributed by atoms with Crippen LogP contribution in [0.4, 0.5) is 0 Å². The molecule has 0 fully saturated rings. The highest BCUT2D eigenvalue weighted by molar-refractivity contribution is 6.30. The topological polar surface area (TPSA) is 53.1 Å². The van der Waals surface area contributed by atoms with E-state index < -0.39 is 0 Å². The number of hydrogen-bond donors (Lipinski definition) is 2. The van der Waals surface area contributed by atoms with Crippen LogP contribution in [0.3, 0.4) is 0 Å². The Morgan fingerprint density at radius 3 is 2.43 bits per heavy atom. The van der Waals surface area contributed by atoms with Crippen LogP contribution >= 0.6 is 11.6 Å². The SMILES string of the molecule is O=C(c1ccc(Cl)cc1)c1ccc2c([nH]c3ccccc32)c1O. The summed E-state index contributed by atoms with van der Waals surface area (Å²) in [4.78, 5) is 15.8. The zero-order valence-electron chi connectivity index (χ0n) is 12.0. The Kier molecular flexibility index (Phi) is 3.10. The van der Waals surface area contributed by atoms with Crippen molar-refractivity contribution in [2.75, 3.05) is 0 Å². The number of para-hydroxylation sites is 1. The normalized spacial score (nSPS) is 11.2. The number of halogens is 1. The number of hydrogen-bond acceptors (Lipinski definition) is 2. The van der Waals surface area contributed by atoms with Crippen molar-refractivity contribution in [2.45, 2.75) is 0 Å². The molecule has 0 unspecified atom stereocenters. The Labute approximate surface area is 137 Å². The van der Waals surface area contributed by atoms with Crippen LogP contribution in [0.2, 0.25) is 5.02 Å². The number of fused-ring (bicyclic) bond motifs is 3. The van der Waals surface area contributed by atoms with E-state index in [-0.39, 0.29) is 17.1 Å². The summed E-state index contributed by atoms with van der Waals surface area (Å²) < 4.78 is 0. The Morgan fingerprint density at radius 1 is 0.913 bits per heavy atom. The largest absolute Gasteiger partial charge is 0.505 e. The van der Waals surface area contributed by atoms with E-state index in [1.165, 1.54) is 0 Å². The van der Waals surface area contributed by atoms with Gasteiger partial charge < -0.3 is 10.1 Å². The van der Waals surface area contributed by atoms with Crippen LogP contribution in [-0.4, -0.2) is 15.9 Å². The summed E-state index contributed by atoms with van der Waals surface area (Å²) in [7, 11) is 0. The summed E-state index contributed by atoms with van der Waals surface area (Å²) in [6.45, 7) is 0. The van der Waals surface area contributed by atoms with Crippen molar-refractivity contribution in [3.63, 3.8) is 0 Å². The van der Waals surface area contributed by atoms with E-state index in [9.17, 15) is 9.90 Å². The van der Waals surface area contributed by atoms with E-state index in [1.54, 1.807) is 30.3 Å². The standard InChI is InChI=1S/C19H12ClNO2/c20-12-7-5-11(6-8-12)18(22)15-10-9-14-13-3-1-2-4-16(13)21-17(14)19(15)23/h1-10,21,23H. The Hall–Kier alpha value is -2.78. The van der Waals surface area contributed by atoms with Gasteiger partial charge in [0.1, 0.15) is 0 Å². The molecule has 2 N–H and O–H groups in total. The first kappa shape index (κ1) is 13.9. The van der Waals surface area contributed by atoms with Crippen molar-refractivity contribution in [3.05, 3.63) is 76.8 Å². The van der Waals surface area contributed by atoms with Crippen molar-refractivity contribution < 1.29 is 9.90 Å². The number of carbonyl (C=O) groups is 1. The molecule has 4 rings (SSSR count). The molecule has 0 spiro atoms. The fourth-order valence-corrected chi connectivity index (χ4v) is 2.97. The molecule has 4 aromatic rings. The van der Waals surface area contributed by atoms with Crippen molar-refractivity contribution in [3.8, 4) is 5.75 Å². The Balaban J connectivity index is 1.91. The lowest BCUT2D eigenvalue weighted by Gasteiger charge is -2.05. The van der Waals surface area contributed by atoms with Crippen LogP contribution in [0.1, 0.15) is 15.9 Å². The molecule has 0 aliphatic rings. The number of benzene rings is 3. The molecule has 3 nitrogen and oxygen atoms in total. The van der Waals surface area contributed by atoms with Crippen LogP contribution in [0.15, 0.2) is 60.7 Å². The highest BCUT2D eigenvalue weighted by atomic mass is 35.5. The van der Waals surface area contributed by atoms with E-state index in [1.807, 2.05) is 30.3 Å². The Bertz CT molecular complexity index is 1050. The van der Waals surface area contributed by atoms with E-state index in [0.717, 1.165) is 16.3 Å². The second-order valence-electron chi connectivity index (χ2n) is 5.39. The highest BCUT2D eigenvalue weighted by Gasteiger charge is 2.17. The van der Waals surface area contributed by atoms with Gasteiger partial charge in [-0.25, -0.2) is 0 Å². The highest BCUT2D eigenvalue weighted by Crippen LogP contribution is 2.34. The third-order valence-corrected chi connectivity index (χ3v) is 4.26. The number of nitrogens with one attached hydrogen (secondary N) is 1. The average Bonchev–Trinajstić information content (AvgIpc) is 2.95. The lowest BCUT2D eigenvalue weighted by molar-refractivity contribution is 0.103. The third kappa shape index (κ3) is 2.17. The van der Waals surface area contributed by atoms with Gasteiger partial charge in [0.2, 0.25) is 0 Å². The number of aromatic hydroxyl groups is 1. The van der Waals surface area contributed by atoms with Gasteiger partial charge in [0, 0.05) is 26.9 Å². The van der Waals surface area contributed by atoms with Crippen molar-refractivity contribution >= 4 is 39.2 Å². The molecular formula is C19H12ClNO2. The molecule has 0 radical (unpaired) electrons. The molecule has 0 amide bonds. The van der Waals surface area contributed by atoms with Crippen LogP contribution in [0.25, 0.3) is 21.8 Å². The predicted molar refractivity (Wildman–Crippen MR) is 92.4 cm³/mol. The maximum absolute atomic E-state index is 12.6. The number of carbonyl (C=O) groups excluding carboxylic acids is 1. The first-order valence-corrected chi connectivity index (χ1v) is 7.55. The van der Waals surface area contributed by atoms with Gasteiger partial charge in [0.25, 0.3) is 0 Å². The number of phenolic OH excluding ortho intramolecular Hbond substituents is 1. The Morgan fingerprint density at radius 2 is 1.65 bits per heavy atom. The minimum atomic E-state index is -0.236. The summed E-state index contributed by atoms with van der Waals surface area (Å²) in [5.41, 5.74) is 2.26. The second kappa shape index (κ2) is 5.14. The molecule has 0 aliphatic carbocycles.